The van der Waals surface area contributed by atoms with Crippen molar-refractivity contribution < 1.29 is 9.47 Å². The Balaban J connectivity index is 1.58. The molecule has 0 saturated carbocycles. The maximum Gasteiger partial charge on any atom is 0.139 e. The van der Waals surface area contributed by atoms with Gasteiger partial charge in [0.1, 0.15) is 24.3 Å². The number of aromatic nitrogens is 2. The molecule has 23 heavy (non-hydrogen) atoms. The summed E-state index contributed by atoms with van der Waals surface area (Å²) >= 11 is 0. The van der Waals surface area contributed by atoms with E-state index in [4.69, 9.17) is 14.5 Å². The third kappa shape index (κ3) is 2.94. The van der Waals surface area contributed by atoms with Crippen LogP contribution in [-0.4, -0.2) is 22.8 Å². The minimum absolute atomic E-state index is 0.110. The third-order valence-electron chi connectivity index (χ3n) is 4.23. The first kappa shape index (κ1) is 14.3. The zero-order valence-electron chi connectivity index (χ0n) is 13.0. The molecule has 4 heteroatoms. The van der Waals surface area contributed by atoms with Crippen LogP contribution in [0.3, 0.4) is 0 Å². The normalized spacial score (nSPS) is 17.7. The Morgan fingerprint density at radius 2 is 1.91 bits per heavy atom. The second-order valence-electron chi connectivity index (χ2n) is 5.77. The lowest BCUT2D eigenvalue weighted by atomic mass is 10.2. The molecule has 118 valence electrons. The van der Waals surface area contributed by atoms with Gasteiger partial charge in [0, 0.05) is 6.61 Å². The fourth-order valence-electron chi connectivity index (χ4n) is 3.13. The van der Waals surface area contributed by atoms with Gasteiger partial charge in [-0.15, -0.1) is 0 Å². The van der Waals surface area contributed by atoms with Gasteiger partial charge in [-0.05, 0) is 37.1 Å². The SMILES string of the molecule is c1ccc(OCCn2c(C3CCCO3)nc3ccccc32)cc1. The van der Waals surface area contributed by atoms with Crippen molar-refractivity contribution in [3.8, 4) is 5.75 Å². The highest BCUT2D eigenvalue weighted by molar-refractivity contribution is 5.76. The van der Waals surface area contributed by atoms with Crippen molar-refractivity contribution in [3.05, 3.63) is 60.4 Å². The van der Waals surface area contributed by atoms with E-state index >= 15 is 0 Å². The van der Waals surface area contributed by atoms with Crippen LogP contribution in [0.4, 0.5) is 0 Å². The topological polar surface area (TPSA) is 36.3 Å². The molecule has 0 spiro atoms. The number of ether oxygens (including phenoxy) is 2. The minimum Gasteiger partial charge on any atom is -0.492 e. The number of para-hydroxylation sites is 3. The molecule has 1 atom stereocenters. The molecule has 2 heterocycles. The molecule has 0 aliphatic carbocycles. The summed E-state index contributed by atoms with van der Waals surface area (Å²) in [6.45, 7) is 2.21. The molecule has 0 radical (unpaired) electrons. The van der Waals surface area contributed by atoms with Crippen molar-refractivity contribution in [1.29, 1.82) is 0 Å². The molecule has 1 aliphatic rings. The first-order valence-corrected chi connectivity index (χ1v) is 8.16. The number of benzene rings is 2. The van der Waals surface area contributed by atoms with E-state index in [2.05, 4.69) is 22.8 Å². The molecule has 0 bridgehead atoms. The quantitative estimate of drug-likeness (QED) is 0.715. The number of fused-ring (bicyclic) bond motifs is 1. The summed E-state index contributed by atoms with van der Waals surface area (Å²) in [5, 5.41) is 0. The van der Waals surface area contributed by atoms with Crippen LogP contribution in [0.5, 0.6) is 5.75 Å². The first-order valence-electron chi connectivity index (χ1n) is 8.16. The van der Waals surface area contributed by atoms with Crippen molar-refractivity contribution in [2.24, 2.45) is 0 Å². The van der Waals surface area contributed by atoms with Gasteiger partial charge < -0.3 is 14.0 Å². The molecule has 3 aromatic rings. The first-order chi connectivity index (χ1) is 11.4. The summed E-state index contributed by atoms with van der Waals surface area (Å²) in [6.07, 6.45) is 2.26. The predicted molar refractivity (Wildman–Crippen MR) is 89.6 cm³/mol. The molecule has 0 N–H and O–H groups in total. The smallest absolute Gasteiger partial charge is 0.139 e. The third-order valence-corrected chi connectivity index (χ3v) is 4.23. The molecule has 4 nitrogen and oxygen atoms in total. The fraction of sp³-hybridized carbons (Fsp3) is 0.316. The van der Waals surface area contributed by atoms with Gasteiger partial charge >= 0.3 is 0 Å². The van der Waals surface area contributed by atoms with Gasteiger partial charge in [0.25, 0.3) is 0 Å². The van der Waals surface area contributed by atoms with Crippen LogP contribution in [0.1, 0.15) is 24.8 Å². The molecule has 1 aliphatic heterocycles. The van der Waals surface area contributed by atoms with Gasteiger partial charge in [0.05, 0.1) is 17.6 Å². The summed E-state index contributed by atoms with van der Waals surface area (Å²) in [4.78, 5) is 4.80. The Hall–Kier alpha value is -2.33. The van der Waals surface area contributed by atoms with E-state index in [1.165, 1.54) is 0 Å². The maximum atomic E-state index is 5.86. The van der Waals surface area contributed by atoms with E-state index < -0.39 is 0 Å². The molecule has 1 unspecified atom stereocenters. The van der Waals surface area contributed by atoms with Crippen LogP contribution in [0.15, 0.2) is 54.6 Å². The highest BCUT2D eigenvalue weighted by atomic mass is 16.5. The number of hydrogen-bond donors (Lipinski definition) is 0. The van der Waals surface area contributed by atoms with Crippen LogP contribution in [-0.2, 0) is 11.3 Å². The van der Waals surface area contributed by atoms with Crippen LogP contribution >= 0.6 is 0 Å². The molecular formula is C19H20N2O2. The molecule has 2 aromatic carbocycles. The molecule has 1 fully saturated rings. The predicted octanol–water partition coefficient (Wildman–Crippen LogP) is 3.97. The number of hydrogen-bond acceptors (Lipinski definition) is 3. The molecular weight excluding hydrogens is 288 g/mol. The van der Waals surface area contributed by atoms with Crippen molar-refractivity contribution in [1.82, 2.24) is 9.55 Å². The summed E-state index contributed by atoms with van der Waals surface area (Å²) < 4.78 is 14.0. The maximum absolute atomic E-state index is 5.86. The number of imidazole rings is 1. The Morgan fingerprint density at radius 3 is 2.74 bits per heavy atom. The van der Waals surface area contributed by atoms with Gasteiger partial charge in [0.15, 0.2) is 0 Å². The largest absolute Gasteiger partial charge is 0.492 e. The summed E-state index contributed by atoms with van der Waals surface area (Å²) in [5.41, 5.74) is 2.17. The monoisotopic (exact) mass is 308 g/mol. The van der Waals surface area contributed by atoms with E-state index in [1.54, 1.807) is 0 Å². The van der Waals surface area contributed by atoms with Gasteiger partial charge in [-0.25, -0.2) is 4.98 Å². The highest BCUT2D eigenvalue weighted by Gasteiger charge is 2.24. The highest BCUT2D eigenvalue weighted by Crippen LogP contribution is 2.30. The summed E-state index contributed by atoms with van der Waals surface area (Å²) in [5.74, 6) is 1.93. The van der Waals surface area contributed by atoms with Gasteiger partial charge in [-0.2, -0.15) is 0 Å². The van der Waals surface area contributed by atoms with Gasteiger partial charge in [-0.1, -0.05) is 30.3 Å². The van der Waals surface area contributed by atoms with E-state index in [1.807, 2.05) is 36.4 Å². The van der Waals surface area contributed by atoms with Crippen LogP contribution in [0.25, 0.3) is 11.0 Å². The molecule has 1 aromatic heterocycles. The Labute approximate surface area is 135 Å². The zero-order valence-corrected chi connectivity index (χ0v) is 13.0. The van der Waals surface area contributed by atoms with Crippen molar-refractivity contribution in [2.75, 3.05) is 13.2 Å². The second-order valence-corrected chi connectivity index (χ2v) is 5.77. The van der Waals surface area contributed by atoms with Crippen LogP contribution in [0, 0.1) is 0 Å². The molecule has 0 amide bonds. The van der Waals surface area contributed by atoms with E-state index in [-0.39, 0.29) is 6.10 Å². The lowest BCUT2D eigenvalue weighted by Crippen LogP contribution is -2.13. The van der Waals surface area contributed by atoms with E-state index in [9.17, 15) is 0 Å². The number of rotatable bonds is 5. The Bertz CT molecular complexity index is 776. The fourth-order valence-corrected chi connectivity index (χ4v) is 3.13. The average molecular weight is 308 g/mol. The number of nitrogens with zero attached hydrogens (tertiary/aromatic N) is 2. The second kappa shape index (κ2) is 6.42. The van der Waals surface area contributed by atoms with Crippen molar-refractivity contribution >= 4 is 11.0 Å². The molecule has 1 saturated heterocycles. The minimum atomic E-state index is 0.110. The van der Waals surface area contributed by atoms with E-state index in [0.29, 0.717) is 6.61 Å². The van der Waals surface area contributed by atoms with Gasteiger partial charge in [-0.3, -0.25) is 0 Å². The average Bonchev–Trinajstić information content (AvgIpc) is 3.24. The lowest BCUT2D eigenvalue weighted by Gasteiger charge is -2.14. The zero-order chi connectivity index (χ0) is 15.5. The standard InChI is InChI=1S/C19H20N2O2/c1-2-7-15(8-3-1)22-14-12-21-17-10-5-4-9-16(17)20-19(21)18-11-6-13-23-18/h1-5,7-10,18H,6,11-14H2. The van der Waals surface area contributed by atoms with Crippen LogP contribution in [0.2, 0.25) is 0 Å². The Morgan fingerprint density at radius 1 is 1.09 bits per heavy atom. The van der Waals surface area contributed by atoms with Crippen molar-refractivity contribution in [3.63, 3.8) is 0 Å². The summed E-state index contributed by atoms with van der Waals surface area (Å²) in [7, 11) is 0. The van der Waals surface area contributed by atoms with Gasteiger partial charge in [0.2, 0.25) is 0 Å². The van der Waals surface area contributed by atoms with Crippen LogP contribution < -0.4 is 4.74 Å². The van der Waals surface area contributed by atoms with E-state index in [0.717, 1.165) is 48.6 Å². The summed E-state index contributed by atoms with van der Waals surface area (Å²) in [6, 6.07) is 18.2. The Kier molecular flexibility index (Phi) is 3.99. The van der Waals surface area contributed by atoms with Crippen molar-refractivity contribution in [2.45, 2.75) is 25.5 Å². The molecule has 4 rings (SSSR count). The lowest BCUT2D eigenvalue weighted by molar-refractivity contribution is 0.101.